The minimum atomic E-state index is -0.494. The summed E-state index contributed by atoms with van der Waals surface area (Å²) in [5, 5.41) is 0. The molecule has 0 bridgehead atoms. The summed E-state index contributed by atoms with van der Waals surface area (Å²) in [6.45, 7) is 10.3. The first-order chi connectivity index (χ1) is 7.99. The fourth-order valence-electron chi connectivity index (χ4n) is 0.992. The van der Waals surface area contributed by atoms with Gasteiger partial charge in [-0.1, -0.05) is 13.2 Å². The number of ether oxygens (including phenoxy) is 3. The highest BCUT2D eigenvalue weighted by Crippen LogP contribution is 2.00. The monoisotopic (exact) mass is 242 g/mol. The third kappa shape index (κ3) is 8.21. The number of carbonyl (C=O) groups is 2. The van der Waals surface area contributed by atoms with Gasteiger partial charge in [-0.25, -0.2) is 9.59 Å². The summed E-state index contributed by atoms with van der Waals surface area (Å²) in [5.74, 6) is -0.989. The molecule has 2 atom stereocenters. The van der Waals surface area contributed by atoms with Gasteiger partial charge < -0.3 is 14.2 Å². The van der Waals surface area contributed by atoms with Crippen molar-refractivity contribution >= 4 is 11.9 Å². The molecule has 0 aromatic heterocycles. The smallest absolute Gasteiger partial charge is 0.330 e. The summed E-state index contributed by atoms with van der Waals surface area (Å²) < 4.78 is 15.0. The van der Waals surface area contributed by atoms with E-state index in [2.05, 4.69) is 13.2 Å². The van der Waals surface area contributed by atoms with E-state index in [0.717, 1.165) is 12.2 Å². The molecule has 0 N–H and O–H groups in total. The molecule has 0 heterocycles. The van der Waals surface area contributed by atoms with Crippen LogP contribution in [0.4, 0.5) is 0 Å². The van der Waals surface area contributed by atoms with Gasteiger partial charge in [0.05, 0.1) is 12.2 Å². The van der Waals surface area contributed by atoms with E-state index in [-0.39, 0.29) is 25.4 Å². The number of carbonyl (C=O) groups excluding carboxylic acids is 2. The van der Waals surface area contributed by atoms with E-state index >= 15 is 0 Å². The van der Waals surface area contributed by atoms with Gasteiger partial charge in [-0.15, -0.1) is 0 Å². The molecule has 17 heavy (non-hydrogen) atoms. The van der Waals surface area contributed by atoms with Crippen molar-refractivity contribution in [2.45, 2.75) is 26.1 Å². The van der Waals surface area contributed by atoms with Crippen LogP contribution in [0.3, 0.4) is 0 Å². The van der Waals surface area contributed by atoms with Crippen LogP contribution >= 0.6 is 0 Å². The summed E-state index contributed by atoms with van der Waals surface area (Å²) in [6, 6.07) is 0. The van der Waals surface area contributed by atoms with Crippen LogP contribution in [-0.2, 0) is 23.8 Å². The van der Waals surface area contributed by atoms with Gasteiger partial charge in [-0.2, -0.15) is 0 Å². The minimum absolute atomic E-state index is 0.130. The second-order valence-corrected chi connectivity index (χ2v) is 3.43. The molecule has 0 aromatic rings. The van der Waals surface area contributed by atoms with E-state index in [9.17, 15) is 9.59 Å². The molecule has 5 heteroatoms. The standard InChI is InChI=1S/C12H18O5/c1-5-11(13)15-7-9(3)17-10(4)8-16-12(14)6-2/h5-6,9-10H,1-2,7-8H2,3-4H3. The molecule has 0 fully saturated rings. The molecule has 96 valence electrons. The minimum Gasteiger partial charge on any atom is -0.460 e. The average Bonchev–Trinajstić information content (AvgIpc) is 2.32. The van der Waals surface area contributed by atoms with Gasteiger partial charge in [-0.05, 0) is 13.8 Å². The van der Waals surface area contributed by atoms with Crippen molar-refractivity contribution in [3.8, 4) is 0 Å². The number of esters is 2. The molecule has 0 spiro atoms. The van der Waals surface area contributed by atoms with Crippen molar-refractivity contribution in [1.82, 2.24) is 0 Å². The average molecular weight is 242 g/mol. The summed E-state index contributed by atoms with van der Waals surface area (Å²) in [6.07, 6.45) is 1.61. The Labute approximate surface area is 101 Å². The Morgan fingerprint density at radius 2 is 1.35 bits per heavy atom. The topological polar surface area (TPSA) is 61.8 Å². The molecule has 0 aromatic carbocycles. The Balaban J connectivity index is 3.75. The molecule has 0 aliphatic rings. The molecule has 0 aliphatic heterocycles. The molecular formula is C12H18O5. The van der Waals surface area contributed by atoms with Crippen LogP contribution in [0.1, 0.15) is 13.8 Å². The van der Waals surface area contributed by atoms with Crippen LogP contribution in [0, 0.1) is 0 Å². The van der Waals surface area contributed by atoms with Crippen LogP contribution in [-0.4, -0.2) is 37.4 Å². The predicted molar refractivity (Wildman–Crippen MR) is 62.3 cm³/mol. The molecule has 0 saturated heterocycles. The van der Waals surface area contributed by atoms with Crippen molar-refractivity contribution < 1.29 is 23.8 Å². The summed E-state index contributed by atoms with van der Waals surface area (Å²) in [4.78, 5) is 21.6. The lowest BCUT2D eigenvalue weighted by Gasteiger charge is -2.18. The fourth-order valence-corrected chi connectivity index (χ4v) is 0.992. The number of hydrogen-bond acceptors (Lipinski definition) is 5. The Bertz CT molecular complexity index is 257. The third-order valence-corrected chi connectivity index (χ3v) is 1.72. The zero-order valence-electron chi connectivity index (χ0n) is 10.2. The molecule has 5 nitrogen and oxygen atoms in total. The maximum atomic E-state index is 10.8. The molecule has 0 aliphatic carbocycles. The molecular weight excluding hydrogens is 224 g/mol. The molecule has 2 unspecified atom stereocenters. The first-order valence-corrected chi connectivity index (χ1v) is 5.23. The quantitative estimate of drug-likeness (QED) is 0.473. The molecule has 0 radical (unpaired) electrons. The van der Waals surface area contributed by atoms with Crippen molar-refractivity contribution in [2.24, 2.45) is 0 Å². The van der Waals surface area contributed by atoms with E-state index in [1.54, 1.807) is 13.8 Å². The van der Waals surface area contributed by atoms with E-state index in [0.29, 0.717) is 0 Å². The second-order valence-electron chi connectivity index (χ2n) is 3.43. The molecule has 0 amide bonds. The highest BCUT2D eigenvalue weighted by molar-refractivity contribution is 5.81. The Morgan fingerprint density at radius 1 is 1.00 bits per heavy atom. The first-order valence-electron chi connectivity index (χ1n) is 5.23. The van der Waals surface area contributed by atoms with Crippen LogP contribution in [0.2, 0.25) is 0 Å². The Morgan fingerprint density at radius 3 is 1.65 bits per heavy atom. The Kier molecular flexibility index (Phi) is 7.71. The van der Waals surface area contributed by atoms with Crippen molar-refractivity contribution in [3.05, 3.63) is 25.3 Å². The molecule has 0 rings (SSSR count). The van der Waals surface area contributed by atoms with Gasteiger partial charge in [0.1, 0.15) is 13.2 Å². The maximum absolute atomic E-state index is 10.8. The lowest BCUT2D eigenvalue weighted by atomic mass is 10.4. The first kappa shape index (κ1) is 15.4. The fraction of sp³-hybridized carbons (Fsp3) is 0.500. The van der Waals surface area contributed by atoms with E-state index in [1.807, 2.05) is 0 Å². The highest BCUT2D eigenvalue weighted by atomic mass is 16.6. The van der Waals surface area contributed by atoms with Gasteiger partial charge in [-0.3, -0.25) is 0 Å². The predicted octanol–water partition coefficient (Wildman–Crippen LogP) is 1.24. The Hall–Kier alpha value is -1.62. The van der Waals surface area contributed by atoms with Crippen LogP contribution in [0.25, 0.3) is 0 Å². The number of rotatable bonds is 8. The SMILES string of the molecule is C=CC(=O)OCC(C)OC(C)COC(=O)C=C. The largest absolute Gasteiger partial charge is 0.460 e. The van der Waals surface area contributed by atoms with Crippen molar-refractivity contribution in [3.63, 3.8) is 0 Å². The van der Waals surface area contributed by atoms with Crippen molar-refractivity contribution in [1.29, 1.82) is 0 Å². The zero-order valence-corrected chi connectivity index (χ0v) is 10.2. The molecule has 0 saturated carbocycles. The van der Waals surface area contributed by atoms with Crippen LogP contribution in [0.5, 0.6) is 0 Å². The van der Waals surface area contributed by atoms with Crippen molar-refractivity contribution in [2.75, 3.05) is 13.2 Å². The van der Waals surface area contributed by atoms with Gasteiger partial charge in [0.25, 0.3) is 0 Å². The zero-order chi connectivity index (χ0) is 13.3. The lowest BCUT2D eigenvalue weighted by molar-refractivity contribution is -0.147. The normalized spacial score (nSPS) is 13.3. The highest BCUT2D eigenvalue weighted by Gasteiger charge is 2.11. The van der Waals surface area contributed by atoms with Gasteiger partial charge in [0.15, 0.2) is 0 Å². The summed E-state index contributed by atoms with van der Waals surface area (Å²) in [7, 11) is 0. The van der Waals surface area contributed by atoms with Crippen LogP contribution in [0.15, 0.2) is 25.3 Å². The van der Waals surface area contributed by atoms with Gasteiger partial charge in [0, 0.05) is 12.2 Å². The summed E-state index contributed by atoms with van der Waals surface area (Å²) in [5.41, 5.74) is 0. The maximum Gasteiger partial charge on any atom is 0.330 e. The van der Waals surface area contributed by atoms with Gasteiger partial charge in [0.2, 0.25) is 0 Å². The third-order valence-electron chi connectivity index (χ3n) is 1.72. The van der Waals surface area contributed by atoms with Gasteiger partial charge >= 0.3 is 11.9 Å². The van der Waals surface area contributed by atoms with E-state index < -0.39 is 11.9 Å². The van der Waals surface area contributed by atoms with E-state index in [1.165, 1.54) is 0 Å². The van der Waals surface area contributed by atoms with Crippen LogP contribution < -0.4 is 0 Å². The number of hydrogen-bond donors (Lipinski definition) is 0. The second kappa shape index (κ2) is 8.52. The van der Waals surface area contributed by atoms with E-state index in [4.69, 9.17) is 14.2 Å². The summed E-state index contributed by atoms with van der Waals surface area (Å²) >= 11 is 0. The lowest BCUT2D eigenvalue weighted by Crippen LogP contribution is -2.26.